The number of amides is 1. The second-order valence-electron chi connectivity index (χ2n) is 12.3. The van der Waals surface area contributed by atoms with Crippen molar-refractivity contribution in [1.29, 1.82) is 0 Å². The summed E-state index contributed by atoms with van der Waals surface area (Å²) in [5, 5.41) is 14.4. The SMILES string of the molecule is COc1ccc(COC(=O)C2=C(C[P+](c3ccccc3)(c3ccccc3)c3ccccc3)CS[C@H]3[C@H](N=Cc4cccc([N+](=O)[O-])c4)C(=O)N23)cc1. The van der Waals surface area contributed by atoms with E-state index in [2.05, 4.69) is 41.4 Å². The maximum absolute atomic E-state index is 14.3. The Bertz CT molecular complexity index is 2050. The summed E-state index contributed by atoms with van der Waals surface area (Å²) in [5.41, 5.74) is 2.33. The number of non-ortho nitro benzene ring substituents is 1. The summed E-state index contributed by atoms with van der Waals surface area (Å²) >= 11 is 1.56. The van der Waals surface area contributed by atoms with Crippen LogP contribution in [0, 0.1) is 10.1 Å². The Balaban J connectivity index is 1.30. The van der Waals surface area contributed by atoms with E-state index in [1.54, 1.807) is 35.9 Å². The van der Waals surface area contributed by atoms with Crippen LogP contribution in [0.25, 0.3) is 0 Å². The first-order chi connectivity index (χ1) is 25.4. The minimum Gasteiger partial charge on any atom is -0.497 e. The molecule has 2 aliphatic rings. The summed E-state index contributed by atoms with van der Waals surface area (Å²) < 4.78 is 11.3. The summed E-state index contributed by atoms with van der Waals surface area (Å²) in [6.45, 7) is 0.0180. The largest absolute Gasteiger partial charge is 0.497 e. The van der Waals surface area contributed by atoms with Gasteiger partial charge >= 0.3 is 5.97 Å². The van der Waals surface area contributed by atoms with E-state index >= 15 is 0 Å². The molecule has 5 aromatic rings. The first-order valence-electron chi connectivity index (χ1n) is 16.7. The molecular formula is C41H35N3O6PS+. The molecule has 0 unspecified atom stereocenters. The molecule has 2 atom stereocenters. The number of hydrogen-bond donors (Lipinski definition) is 0. The van der Waals surface area contributed by atoms with Crippen molar-refractivity contribution in [2.45, 2.75) is 18.0 Å². The average molecular weight is 729 g/mol. The highest BCUT2D eigenvalue weighted by Crippen LogP contribution is 2.58. The quantitative estimate of drug-likeness (QED) is 0.0371. The number of carbonyl (C=O) groups excluding carboxylic acids is 2. The smallest absolute Gasteiger partial charge is 0.355 e. The Kier molecular flexibility index (Phi) is 10.3. The van der Waals surface area contributed by atoms with Gasteiger partial charge in [-0.25, -0.2) is 4.79 Å². The Morgan fingerprint density at radius 3 is 2.04 bits per heavy atom. The number of β-lactam (4-membered cyclic amide) rings is 1. The number of ether oxygens (including phenoxy) is 2. The van der Waals surface area contributed by atoms with Gasteiger partial charge in [-0.1, -0.05) is 78.9 Å². The molecule has 1 fully saturated rings. The fourth-order valence-electron chi connectivity index (χ4n) is 6.66. The van der Waals surface area contributed by atoms with Crippen LogP contribution in [0.4, 0.5) is 5.69 Å². The van der Waals surface area contributed by atoms with Crippen molar-refractivity contribution in [3.05, 3.63) is 172 Å². The van der Waals surface area contributed by atoms with E-state index in [0.29, 0.717) is 23.2 Å². The number of fused-ring (bicyclic) bond motifs is 1. The number of nitrogens with zero attached hydrogens (tertiary/aromatic N) is 3. The van der Waals surface area contributed by atoms with E-state index in [1.807, 2.05) is 78.9 Å². The Morgan fingerprint density at radius 1 is 0.885 bits per heavy atom. The summed E-state index contributed by atoms with van der Waals surface area (Å²) in [7, 11) is -0.831. The lowest BCUT2D eigenvalue weighted by atomic mass is 10.0. The van der Waals surface area contributed by atoms with Crippen LogP contribution in [0.15, 0.2) is 156 Å². The molecule has 9 nitrogen and oxygen atoms in total. The van der Waals surface area contributed by atoms with Crippen molar-refractivity contribution in [1.82, 2.24) is 4.90 Å². The molecule has 2 heterocycles. The van der Waals surface area contributed by atoms with Crippen LogP contribution in [-0.4, -0.2) is 58.4 Å². The van der Waals surface area contributed by atoms with E-state index in [1.165, 1.54) is 18.3 Å². The predicted octanol–water partition coefficient (Wildman–Crippen LogP) is 6.30. The number of benzene rings is 5. The highest BCUT2D eigenvalue weighted by atomic mass is 32.2. The summed E-state index contributed by atoms with van der Waals surface area (Å²) in [4.78, 5) is 45.3. The molecule has 11 heteroatoms. The van der Waals surface area contributed by atoms with Gasteiger partial charge in [0.15, 0.2) is 6.04 Å². The Hall–Kier alpha value is -5.57. The summed E-state index contributed by atoms with van der Waals surface area (Å²) in [6, 6.07) is 43.8. The van der Waals surface area contributed by atoms with Crippen molar-refractivity contribution in [3.63, 3.8) is 0 Å². The lowest BCUT2D eigenvalue weighted by Gasteiger charge is -2.48. The zero-order chi connectivity index (χ0) is 36.1. The van der Waals surface area contributed by atoms with Gasteiger partial charge in [0.05, 0.1) is 18.2 Å². The third kappa shape index (κ3) is 6.87. The summed E-state index contributed by atoms with van der Waals surface area (Å²) in [5.74, 6) is 0.283. The van der Waals surface area contributed by atoms with E-state index < -0.39 is 29.6 Å². The Labute approximate surface area is 306 Å². The van der Waals surface area contributed by atoms with Gasteiger partial charge in [0.2, 0.25) is 0 Å². The number of hydrogen-bond acceptors (Lipinski definition) is 8. The molecule has 0 saturated carbocycles. The molecule has 0 aromatic heterocycles. The van der Waals surface area contributed by atoms with Crippen LogP contribution >= 0.6 is 19.0 Å². The fraction of sp³-hybridized carbons (Fsp3) is 0.146. The third-order valence-electron chi connectivity index (χ3n) is 9.23. The minimum absolute atomic E-state index is 0.0180. The van der Waals surface area contributed by atoms with Crippen LogP contribution in [0.2, 0.25) is 0 Å². The molecule has 0 N–H and O–H groups in total. The van der Waals surface area contributed by atoms with Crippen molar-refractivity contribution in [3.8, 4) is 5.75 Å². The Morgan fingerprint density at radius 2 is 1.48 bits per heavy atom. The molecular weight excluding hydrogens is 694 g/mol. The van der Waals surface area contributed by atoms with Gasteiger partial charge in [-0.15, -0.1) is 11.8 Å². The van der Waals surface area contributed by atoms with Gasteiger partial charge < -0.3 is 9.47 Å². The molecule has 2 aliphatic heterocycles. The maximum atomic E-state index is 14.3. The molecule has 260 valence electrons. The van der Waals surface area contributed by atoms with Gasteiger partial charge in [0, 0.05) is 29.7 Å². The number of aliphatic imine (C=N–C) groups is 1. The van der Waals surface area contributed by atoms with Crippen LogP contribution < -0.4 is 20.7 Å². The number of nitro groups is 1. The van der Waals surface area contributed by atoms with Gasteiger partial charge in [-0.3, -0.25) is 24.8 Å². The number of rotatable bonds is 12. The standard InChI is InChI=1S/C41H35N3O6PS/c1-49-33-22-20-29(21-23-33)26-50-41(46)38-31(28-52-40-37(39(45)43(38)40)42-25-30-12-11-13-32(24-30)44(47)48)27-51(34-14-5-2-6-15-34,35-16-7-3-8-17-35)36-18-9-4-10-19-36/h2-25,37,40H,26-28H2,1H3/q+1/t37-,40+/m1/s1. The zero-order valence-electron chi connectivity index (χ0n) is 28.3. The molecule has 1 saturated heterocycles. The van der Waals surface area contributed by atoms with Crippen LogP contribution in [0.3, 0.4) is 0 Å². The molecule has 7 rings (SSSR count). The number of esters is 1. The highest BCUT2D eigenvalue weighted by molar-refractivity contribution is 8.00. The van der Waals surface area contributed by atoms with E-state index in [4.69, 9.17) is 9.47 Å². The molecule has 5 aromatic carbocycles. The van der Waals surface area contributed by atoms with Crippen molar-refractivity contribution < 1.29 is 24.0 Å². The van der Waals surface area contributed by atoms with Crippen LogP contribution in [0.5, 0.6) is 5.75 Å². The topological polar surface area (TPSA) is 111 Å². The molecule has 0 spiro atoms. The second-order valence-corrected chi connectivity index (χ2v) is 16.9. The molecule has 0 radical (unpaired) electrons. The highest BCUT2D eigenvalue weighted by Gasteiger charge is 2.56. The van der Waals surface area contributed by atoms with Crippen molar-refractivity contribution in [2.75, 3.05) is 19.0 Å². The first-order valence-corrected chi connectivity index (χ1v) is 19.7. The number of nitro benzene ring substituents is 1. The van der Waals surface area contributed by atoms with Gasteiger partial charge in [-0.05, 0) is 59.7 Å². The maximum Gasteiger partial charge on any atom is 0.355 e. The van der Waals surface area contributed by atoms with Crippen molar-refractivity contribution >= 4 is 58.7 Å². The normalized spacial score (nSPS) is 17.0. The number of methoxy groups -OCH3 is 1. The van der Waals surface area contributed by atoms with Gasteiger partial charge in [0.1, 0.15) is 46.6 Å². The van der Waals surface area contributed by atoms with Crippen LogP contribution in [0.1, 0.15) is 11.1 Å². The molecule has 52 heavy (non-hydrogen) atoms. The van der Waals surface area contributed by atoms with E-state index in [-0.39, 0.29) is 23.9 Å². The second kappa shape index (κ2) is 15.4. The molecule has 0 bridgehead atoms. The minimum atomic E-state index is -2.42. The van der Waals surface area contributed by atoms with Crippen molar-refractivity contribution in [2.24, 2.45) is 4.99 Å². The zero-order valence-corrected chi connectivity index (χ0v) is 30.0. The van der Waals surface area contributed by atoms with E-state index in [9.17, 15) is 19.7 Å². The average Bonchev–Trinajstić information content (AvgIpc) is 3.20. The van der Waals surface area contributed by atoms with Gasteiger partial charge in [0.25, 0.3) is 11.6 Å². The first kappa shape index (κ1) is 34.9. The van der Waals surface area contributed by atoms with Crippen LogP contribution in [-0.2, 0) is 20.9 Å². The van der Waals surface area contributed by atoms with Gasteiger partial charge in [-0.2, -0.15) is 0 Å². The summed E-state index contributed by atoms with van der Waals surface area (Å²) in [6.07, 6.45) is 2.01. The fourth-order valence-corrected chi connectivity index (χ4v) is 12.5. The number of thioether (sulfide) groups is 1. The molecule has 1 amide bonds. The monoisotopic (exact) mass is 728 g/mol. The third-order valence-corrected chi connectivity index (χ3v) is 14.9. The molecule has 0 aliphatic carbocycles. The van der Waals surface area contributed by atoms with E-state index in [0.717, 1.165) is 27.1 Å². The lowest BCUT2D eigenvalue weighted by Crippen LogP contribution is -2.64. The number of carbonyl (C=O) groups is 2. The predicted molar refractivity (Wildman–Crippen MR) is 207 cm³/mol. The lowest BCUT2D eigenvalue weighted by molar-refractivity contribution is -0.384.